The Bertz CT molecular complexity index is 1250. The van der Waals surface area contributed by atoms with Crippen molar-refractivity contribution in [3.8, 4) is 0 Å². The Hall–Kier alpha value is -1.89. The molecule has 0 spiro atoms. The molecule has 4 heterocycles. The lowest BCUT2D eigenvalue weighted by Gasteiger charge is -2.30. The Kier molecular flexibility index (Phi) is 6.28. The van der Waals surface area contributed by atoms with E-state index in [0.29, 0.717) is 17.5 Å². The summed E-state index contributed by atoms with van der Waals surface area (Å²) < 4.78 is 38.1. The molecule has 6 atom stereocenters. The highest BCUT2D eigenvalue weighted by atomic mass is 79.9. The largest absolute Gasteiger partial charge is 0.475 e. The van der Waals surface area contributed by atoms with Gasteiger partial charge in [0.15, 0.2) is 6.23 Å². The highest BCUT2D eigenvalue weighted by Crippen LogP contribution is 2.58. The number of nitrogen functional groups attached to an aromatic ring is 1. The average Bonchev–Trinajstić information content (AvgIpc) is 3.32. The van der Waals surface area contributed by atoms with Crippen molar-refractivity contribution in [3.05, 3.63) is 52.9 Å². The van der Waals surface area contributed by atoms with Crippen LogP contribution in [0.15, 0.2) is 47.3 Å². The molecule has 2 aromatic heterocycles. The summed E-state index contributed by atoms with van der Waals surface area (Å²) in [4.78, 5) is 8.17. The number of ether oxygens (including phenoxy) is 1. The second-order valence-corrected chi connectivity index (χ2v) is 10.9. The monoisotopic (exact) mass is 554 g/mol. The first kappa shape index (κ1) is 23.8. The fourth-order valence-electron chi connectivity index (χ4n) is 4.25. The van der Waals surface area contributed by atoms with Gasteiger partial charge in [-0.15, -0.1) is 0 Å². The Morgan fingerprint density at radius 2 is 2.15 bits per heavy atom. The molecular formula is C21H24BrN4O7P. The maximum absolute atomic E-state index is 13.2. The van der Waals surface area contributed by atoms with Crippen LogP contribution in [0.5, 0.6) is 0 Å². The van der Waals surface area contributed by atoms with Crippen LogP contribution in [0, 0.1) is 0 Å². The number of anilines is 1. The van der Waals surface area contributed by atoms with Gasteiger partial charge in [-0.3, -0.25) is 13.6 Å². The van der Waals surface area contributed by atoms with Crippen LogP contribution in [0.25, 0.3) is 11.0 Å². The third kappa shape index (κ3) is 4.18. The van der Waals surface area contributed by atoms with E-state index < -0.39 is 38.0 Å². The fourth-order valence-corrected chi connectivity index (χ4v) is 6.17. The van der Waals surface area contributed by atoms with E-state index in [1.165, 1.54) is 13.3 Å². The van der Waals surface area contributed by atoms with Crippen molar-refractivity contribution in [2.75, 3.05) is 18.9 Å². The third-order valence-corrected chi connectivity index (χ3v) is 8.28. The van der Waals surface area contributed by atoms with E-state index in [-0.39, 0.29) is 19.0 Å². The highest BCUT2D eigenvalue weighted by molar-refractivity contribution is 9.10. The molecule has 0 amide bonds. The molecule has 2 fully saturated rings. The molecule has 13 heteroatoms. The van der Waals surface area contributed by atoms with Crippen molar-refractivity contribution in [3.63, 3.8) is 0 Å². The maximum atomic E-state index is 13.2. The third-order valence-electron chi connectivity index (χ3n) is 6.08. The van der Waals surface area contributed by atoms with Gasteiger partial charge in [-0.1, -0.05) is 34.1 Å². The van der Waals surface area contributed by atoms with Crippen LogP contribution in [0.2, 0.25) is 0 Å². The number of hydrogen-bond acceptors (Lipinski definition) is 10. The summed E-state index contributed by atoms with van der Waals surface area (Å²) in [6.45, 7) is 1.29. The normalized spacial score (nSPS) is 34.0. The highest BCUT2D eigenvalue weighted by Gasteiger charge is 2.54. The molecule has 5 rings (SSSR count). The van der Waals surface area contributed by atoms with Crippen molar-refractivity contribution in [1.82, 2.24) is 14.5 Å². The zero-order valence-electron chi connectivity index (χ0n) is 18.2. The van der Waals surface area contributed by atoms with Gasteiger partial charge in [-0.25, -0.2) is 14.5 Å². The second-order valence-electron chi connectivity index (χ2n) is 8.40. The Morgan fingerprint density at radius 1 is 1.35 bits per heavy atom. The summed E-state index contributed by atoms with van der Waals surface area (Å²) in [6, 6.07) is 9.17. The number of aliphatic hydroxyl groups excluding tert-OH is 1. The van der Waals surface area contributed by atoms with Crippen LogP contribution in [0.4, 0.5) is 5.82 Å². The van der Waals surface area contributed by atoms with Gasteiger partial charge >= 0.3 is 7.82 Å². The SMILES string of the molecule is C[C@@]1(O)[C@H](O)[C@@H](COP2(=O)OCC[C@@H](c3ccccc3Br)O2)O[C@H]1n1ccc2c(N)ncnc21. The lowest BCUT2D eigenvalue weighted by atomic mass is 9.96. The first-order valence-corrected chi connectivity index (χ1v) is 12.9. The number of benzene rings is 1. The molecule has 2 aliphatic heterocycles. The van der Waals surface area contributed by atoms with E-state index in [2.05, 4.69) is 25.9 Å². The zero-order valence-corrected chi connectivity index (χ0v) is 20.6. The van der Waals surface area contributed by atoms with Crippen molar-refractivity contribution in [2.24, 2.45) is 0 Å². The molecule has 0 bridgehead atoms. The van der Waals surface area contributed by atoms with Crippen LogP contribution < -0.4 is 5.73 Å². The number of nitrogens with zero attached hydrogens (tertiary/aromatic N) is 3. The van der Waals surface area contributed by atoms with E-state index in [4.69, 9.17) is 24.0 Å². The molecule has 0 aliphatic carbocycles. The molecule has 182 valence electrons. The molecule has 34 heavy (non-hydrogen) atoms. The molecule has 1 aromatic carbocycles. The van der Waals surface area contributed by atoms with Crippen LogP contribution in [0.1, 0.15) is 31.2 Å². The van der Waals surface area contributed by atoms with Crippen LogP contribution in [-0.2, 0) is 22.9 Å². The number of aliphatic hydroxyl groups is 2. The minimum Gasteiger partial charge on any atom is -0.387 e. The van der Waals surface area contributed by atoms with Crippen molar-refractivity contribution < 1.29 is 33.1 Å². The molecule has 0 saturated carbocycles. The van der Waals surface area contributed by atoms with E-state index in [1.807, 2.05) is 24.3 Å². The van der Waals surface area contributed by atoms with Gasteiger partial charge in [0, 0.05) is 17.1 Å². The smallest absolute Gasteiger partial charge is 0.387 e. The summed E-state index contributed by atoms with van der Waals surface area (Å²) >= 11 is 3.48. The topological polar surface area (TPSA) is 151 Å². The molecule has 3 aromatic rings. The second kappa shape index (κ2) is 8.96. The molecule has 1 unspecified atom stereocenters. The molecular weight excluding hydrogens is 531 g/mol. The van der Waals surface area contributed by atoms with Crippen molar-refractivity contribution in [2.45, 2.75) is 43.5 Å². The average molecular weight is 555 g/mol. The predicted octanol–water partition coefficient (Wildman–Crippen LogP) is 3.09. The van der Waals surface area contributed by atoms with Gasteiger partial charge in [0.2, 0.25) is 0 Å². The fraction of sp³-hybridized carbons (Fsp3) is 0.429. The number of phosphoric acid groups is 1. The van der Waals surface area contributed by atoms with Crippen LogP contribution in [0.3, 0.4) is 0 Å². The number of nitrogens with two attached hydrogens (primary N) is 1. The number of halogens is 1. The van der Waals surface area contributed by atoms with Crippen molar-refractivity contribution >= 4 is 40.6 Å². The Balaban J connectivity index is 1.31. The summed E-state index contributed by atoms with van der Waals surface area (Å²) in [6.07, 6.45) is -0.423. The number of fused-ring (bicyclic) bond motifs is 1. The summed E-state index contributed by atoms with van der Waals surface area (Å²) in [5.74, 6) is 0.283. The molecule has 11 nitrogen and oxygen atoms in total. The summed E-state index contributed by atoms with van der Waals surface area (Å²) in [7, 11) is -3.94. The van der Waals surface area contributed by atoms with Gasteiger partial charge in [0.05, 0.1) is 24.7 Å². The predicted molar refractivity (Wildman–Crippen MR) is 125 cm³/mol. The first-order chi connectivity index (χ1) is 16.2. The maximum Gasteiger partial charge on any atom is 0.475 e. The van der Waals surface area contributed by atoms with Crippen LogP contribution in [-0.4, -0.2) is 55.8 Å². The van der Waals surface area contributed by atoms with Gasteiger partial charge in [0.1, 0.15) is 35.6 Å². The zero-order chi connectivity index (χ0) is 24.1. The lowest BCUT2D eigenvalue weighted by molar-refractivity contribution is -0.0950. The minimum absolute atomic E-state index is 0.175. The van der Waals surface area contributed by atoms with Gasteiger partial charge in [-0.05, 0) is 24.6 Å². The summed E-state index contributed by atoms with van der Waals surface area (Å²) in [5, 5.41) is 22.4. The summed E-state index contributed by atoms with van der Waals surface area (Å²) in [5.41, 5.74) is 5.46. The Labute approximate surface area is 203 Å². The van der Waals surface area contributed by atoms with Gasteiger partial charge in [0.25, 0.3) is 0 Å². The molecule has 2 aliphatic rings. The van der Waals surface area contributed by atoms with E-state index in [9.17, 15) is 14.8 Å². The van der Waals surface area contributed by atoms with E-state index in [1.54, 1.807) is 16.8 Å². The quantitative estimate of drug-likeness (QED) is 0.401. The first-order valence-electron chi connectivity index (χ1n) is 10.6. The molecule has 4 N–H and O–H groups in total. The van der Waals surface area contributed by atoms with E-state index >= 15 is 0 Å². The lowest BCUT2D eigenvalue weighted by Crippen LogP contribution is -2.44. The minimum atomic E-state index is -3.94. The molecule has 0 radical (unpaired) electrons. The van der Waals surface area contributed by atoms with E-state index in [0.717, 1.165) is 10.0 Å². The molecule has 2 saturated heterocycles. The standard InChI is InChI=1S/C21H24BrN4O7P/c1-21(28)17(27)16(32-20(21)26-8-6-13-18(23)24-11-25-19(13)26)10-31-34(29)30-9-7-15(33-34)12-4-2-3-5-14(12)22/h2-6,8,11,15-17,20,27-28H,7,9-10H2,1H3,(H2,23,24,25)/t15-,16+,17+,20+,21+,34?/m0/s1. The van der Waals surface area contributed by atoms with Crippen LogP contribution >= 0.6 is 23.8 Å². The van der Waals surface area contributed by atoms with Crippen molar-refractivity contribution in [1.29, 1.82) is 0 Å². The number of hydrogen-bond donors (Lipinski definition) is 3. The van der Waals surface area contributed by atoms with Gasteiger partial charge in [-0.2, -0.15) is 0 Å². The number of phosphoric ester groups is 1. The number of aromatic nitrogens is 3. The number of rotatable bonds is 5. The van der Waals surface area contributed by atoms with Gasteiger partial charge < -0.3 is 25.3 Å². The Morgan fingerprint density at radius 3 is 2.94 bits per heavy atom.